The molecule has 1 aliphatic rings. The predicted octanol–water partition coefficient (Wildman–Crippen LogP) is 1.26. The van der Waals surface area contributed by atoms with Crippen molar-refractivity contribution in [2.45, 2.75) is 19.3 Å². The Hall–Kier alpha value is -1.75. The van der Waals surface area contributed by atoms with Gasteiger partial charge >= 0.3 is 5.97 Å². The number of benzene rings is 1. The zero-order chi connectivity index (χ0) is 14.0. The van der Waals surface area contributed by atoms with Gasteiger partial charge in [-0.3, -0.25) is 4.79 Å². The Kier molecular flexibility index (Phi) is 3.66. The van der Waals surface area contributed by atoms with E-state index in [4.69, 9.17) is 16.2 Å². The molecule has 1 aromatic carbocycles. The lowest BCUT2D eigenvalue weighted by Gasteiger charge is -2.28. The number of anilines is 1. The smallest absolute Gasteiger partial charge is 0.311 e. The molecule has 1 saturated carbocycles. The van der Waals surface area contributed by atoms with Crippen LogP contribution in [0.2, 0.25) is 0 Å². The lowest BCUT2D eigenvalue weighted by Crippen LogP contribution is -2.42. The lowest BCUT2D eigenvalue weighted by molar-refractivity contribution is -0.149. The van der Waals surface area contributed by atoms with E-state index in [2.05, 4.69) is 0 Å². The molecule has 0 heterocycles. The summed E-state index contributed by atoms with van der Waals surface area (Å²) in [6, 6.07) is 5.33. The predicted molar refractivity (Wildman–Crippen MR) is 73.0 cm³/mol. The molecule has 104 valence electrons. The number of hydrogen-bond acceptors (Lipinski definition) is 4. The van der Waals surface area contributed by atoms with Crippen molar-refractivity contribution >= 4 is 11.7 Å². The summed E-state index contributed by atoms with van der Waals surface area (Å²) in [6.07, 6.45) is 2.26. The van der Waals surface area contributed by atoms with Crippen LogP contribution in [0.3, 0.4) is 0 Å². The van der Waals surface area contributed by atoms with Crippen LogP contribution in [-0.2, 0) is 11.2 Å². The number of carboxylic acids is 1. The third-order valence-corrected chi connectivity index (χ3v) is 3.89. The van der Waals surface area contributed by atoms with Gasteiger partial charge in [-0.25, -0.2) is 0 Å². The lowest BCUT2D eigenvalue weighted by atomic mass is 9.77. The fourth-order valence-corrected chi connectivity index (χ4v) is 2.63. The number of ether oxygens (including phenoxy) is 1. The standard InChI is InChI=1S/C14H20N2O3/c1-19-12-5-9(4-11(16)6-12)7-14(8-15,13(17)18)10-2-3-10/h4-6,10H,2-3,7-8,15-16H2,1H3,(H,17,18). The molecule has 5 nitrogen and oxygen atoms in total. The zero-order valence-corrected chi connectivity index (χ0v) is 11.1. The van der Waals surface area contributed by atoms with Crippen molar-refractivity contribution in [1.82, 2.24) is 0 Å². The van der Waals surface area contributed by atoms with E-state index in [1.165, 1.54) is 0 Å². The highest BCUT2D eigenvalue weighted by atomic mass is 16.5. The molecule has 2 rings (SSSR count). The molecule has 0 aromatic heterocycles. The second-order valence-electron chi connectivity index (χ2n) is 5.23. The molecule has 0 amide bonds. The quantitative estimate of drug-likeness (QED) is 0.672. The highest BCUT2D eigenvalue weighted by Crippen LogP contribution is 2.47. The number of carbonyl (C=O) groups is 1. The molecule has 0 bridgehead atoms. The maximum absolute atomic E-state index is 11.6. The topological polar surface area (TPSA) is 98.6 Å². The van der Waals surface area contributed by atoms with Crippen LogP contribution >= 0.6 is 0 Å². The number of carboxylic acid groups (broad SMARTS) is 1. The van der Waals surface area contributed by atoms with Crippen molar-refractivity contribution < 1.29 is 14.6 Å². The van der Waals surface area contributed by atoms with Gasteiger partial charge in [0.15, 0.2) is 0 Å². The highest BCUT2D eigenvalue weighted by molar-refractivity contribution is 5.76. The first-order valence-corrected chi connectivity index (χ1v) is 6.38. The van der Waals surface area contributed by atoms with Crippen LogP contribution in [0.15, 0.2) is 18.2 Å². The second kappa shape index (κ2) is 5.09. The highest BCUT2D eigenvalue weighted by Gasteiger charge is 2.50. The van der Waals surface area contributed by atoms with E-state index >= 15 is 0 Å². The molecule has 1 atom stereocenters. The fraction of sp³-hybridized carbons (Fsp3) is 0.500. The number of methoxy groups -OCH3 is 1. The van der Waals surface area contributed by atoms with Gasteiger partial charge in [-0.1, -0.05) is 0 Å². The minimum absolute atomic E-state index is 0.143. The Morgan fingerprint density at radius 2 is 2.16 bits per heavy atom. The second-order valence-corrected chi connectivity index (χ2v) is 5.23. The van der Waals surface area contributed by atoms with Crippen LogP contribution in [0.1, 0.15) is 18.4 Å². The molecular formula is C14H20N2O3. The van der Waals surface area contributed by atoms with Crippen LogP contribution in [-0.4, -0.2) is 24.7 Å². The van der Waals surface area contributed by atoms with Gasteiger partial charge in [-0.05, 0) is 42.9 Å². The van der Waals surface area contributed by atoms with Crippen LogP contribution in [0, 0.1) is 11.3 Å². The molecule has 5 N–H and O–H groups in total. The monoisotopic (exact) mass is 264 g/mol. The first-order valence-electron chi connectivity index (χ1n) is 6.38. The Morgan fingerprint density at radius 3 is 2.63 bits per heavy atom. The minimum Gasteiger partial charge on any atom is -0.497 e. The molecule has 0 radical (unpaired) electrons. The van der Waals surface area contributed by atoms with Crippen molar-refractivity contribution in [3.8, 4) is 5.75 Å². The largest absolute Gasteiger partial charge is 0.497 e. The van der Waals surface area contributed by atoms with Crippen molar-refractivity contribution in [2.75, 3.05) is 19.4 Å². The van der Waals surface area contributed by atoms with E-state index in [1.54, 1.807) is 19.2 Å². The van der Waals surface area contributed by atoms with E-state index < -0.39 is 11.4 Å². The number of rotatable bonds is 6. The third kappa shape index (κ3) is 2.66. The summed E-state index contributed by atoms with van der Waals surface area (Å²) >= 11 is 0. The van der Waals surface area contributed by atoms with Gasteiger partial charge < -0.3 is 21.3 Å². The van der Waals surface area contributed by atoms with Gasteiger partial charge in [0.25, 0.3) is 0 Å². The SMILES string of the molecule is COc1cc(N)cc(CC(CN)(C(=O)O)C2CC2)c1. The Morgan fingerprint density at radius 1 is 1.47 bits per heavy atom. The molecule has 1 aliphatic carbocycles. The average molecular weight is 264 g/mol. The van der Waals surface area contributed by atoms with E-state index in [-0.39, 0.29) is 12.5 Å². The molecule has 19 heavy (non-hydrogen) atoms. The maximum atomic E-state index is 11.6. The van der Waals surface area contributed by atoms with E-state index in [1.807, 2.05) is 6.07 Å². The summed E-state index contributed by atoms with van der Waals surface area (Å²) in [6.45, 7) is 0.143. The van der Waals surface area contributed by atoms with Crippen LogP contribution < -0.4 is 16.2 Å². The minimum atomic E-state index is -0.876. The van der Waals surface area contributed by atoms with Gasteiger partial charge in [-0.2, -0.15) is 0 Å². The molecule has 1 aromatic rings. The molecule has 1 fully saturated rings. The zero-order valence-electron chi connectivity index (χ0n) is 11.1. The van der Waals surface area contributed by atoms with Crippen LogP contribution in [0.25, 0.3) is 0 Å². The number of hydrogen-bond donors (Lipinski definition) is 3. The van der Waals surface area contributed by atoms with E-state index in [9.17, 15) is 9.90 Å². The van der Waals surface area contributed by atoms with Crippen molar-refractivity contribution in [3.63, 3.8) is 0 Å². The Labute approximate surface area is 112 Å². The number of aliphatic carboxylic acids is 1. The third-order valence-electron chi connectivity index (χ3n) is 3.89. The van der Waals surface area contributed by atoms with Gasteiger partial charge in [0.05, 0.1) is 12.5 Å². The Bertz CT molecular complexity index is 486. The molecule has 0 aliphatic heterocycles. The first kappa shape index (κ1) is 13.7. The Balaban J connectivity index is 2.31. The number of nitrogens with two attached hydrogens (primary N) is 2. The summed E-state index contributed by atoms with van der Waals surface area (Å²) in [5, 5.41) is 9.55. The van der Waals surface area contributed by atoms with E-state index in [0.29, 0.717) is 17.9 Å². The van der Waals surface area contributed by atoms with Crippen LogP contribution in [0.4, 0.5) is 5.69 Å². The molecule has 0 spiro atoms. The molecule has 5 heteroatoms. The summed E-state index contributed by atoms with van der Waals surface area (Å²) < 4.78 is 5.16. The van der Waals surface area contributed by atoms with Crippen molar-refractivity contribution in [2.24, 2.45) is 17.1 Å². The molecular weight excluding hydrogens is 244 g/mol. The normalized spacial score (nSPS) is 17.8. The van der Waals surface area contributed by atoms with Crippen LogP contribution in [0.5, 0.6) is 5.75 Å². The average Bonchev–Trinajstić information content (AvgIpc) is 3.19. The molecule has 0 saturated heterocycles. The maximum Gasteiger partial charge on any atom is 0.311 e. The summed E-state index contributed by atoms with van der Waals surface area (Å²) in [5.41, 5.74) is 12.1. The van der Waals surface area contributed by atoms with Gasteiger partial charge in [-0.15, -0.1) is 0 Å². The van der Waals surface area contributed by atoms with Crippen molar-refractivity contribution in [1.29, 1.82) is 0 Å². The van der Waals surface area contributed by atoms with Gasteiger partial charge in [0.1, 0.15) is 5.75 Å². The van der Waals surface area contributed by atoms with Gasteiger partial charge in [0, 0.05) is 18.3 Å². The summed E-state index contributed by atoms with van der Waals surface area (Å²) in [5.74, 6) is -0.0107. The van der Waals surface area contributed by atoms with Gasteiger partial charge in [0.2, 0.25) is 0 Å². The first-order chi connectivity index (χ1) is 9.01. The fourth-order valence-electron chi connectivity index (χ4n) is 2.63. The van der Waals surface area contributed by atoms with E-state index in [0.717, 1.165) is 18.4 Å². The van der Waals surface area contributed by atoms with Crippen molar-refractivity contribution in [3.05, 3.63) is 23.8 Å². The number of nitrogen functional groups attached to an aromatic ring is 1. The summed E-state index contributed by atoms with van der Waals surface area (Å²) in [4.78, 5) is 11.6. The summed E-state index contributed by atoms with van der Waals surface area (Å²) in [7, 11) is 1.56. The molecule has 1 unspecified atom stereocenters.